The lowest BCUT2D eigenvalue weighted by atomic mass is 9.95. The van der Waals surface area contributed by atoms with E-state index in [2.05, 4.69) is 5.10 Å². The van der Waals surface area contributed by atoms with Crippen LogP contribution in [0.1, 0.15) is 22.5 Å². The number of para-hydroxylation sites is 1. The molecule has 23 heavy (non-hydrogen) atoms. The van der Waals surface area contributed by atoms with Gasteiger partial charge < -0.3 is 9.64 Å². The lowest BCUT2D eigenvalue weighted by molar-refractivity contribution is -0.136. The summed E-state index contributed by atoms with van der Waals surface area (Å²) in [6, 6.07) is 7.94. The number of benzene rings is 1. The lowest BCUT2D eigenvalue weighted by Crippen LogP contribution is -2.38. The third kappa shape index (κ3) is 2.96. The van der Waals surface area contributed by atoms with Crippen LogP contribution in [0.25, 0.3) is 0 Å². The molecule has 0 N–H and O–H groups in total. The largest absolute Gasteiger partial charge is 0.492 e. The van der Waals surface area contributed by atoms with Gasteiger partial charge in [-0.3, -0.25) is 9.48 Å². The van der Waals surface area contributed by atoms with Crippen LogP contribution in [0.5, 0.6) is 5.75 Å². The van der Waals surface area contributed by atoms with Gasteiger partial charge in [-0.15, -0.1) is 0 Å². The van der Waals surface area contributed by atoms with Crippen LogP contribution in [0.15, 0.2) is 24.3 Å². The second-order valence-corrected chi connectivity index (χ2v) is 6.29. The summed E-state index contributed by atoms with van der Waals surface area (Å²) in [4.78, 5) is 14.6. The molecule has 3 rings (SSSR count). The summed E-state index contributed by atoms with van der Waals surface area (Å²) in [5.74, 6) is 0.910. The number of carbonyl (C=O) groups is 1. The summed E-state index contributed by atoms with van der Waals surface area (Å²) in [6.07, 6.45) is 0.740. The van der Waals surface area contributed by atoms with E-state index in [9.17, 15) is 4.79 Å². The van der Waals surface area contributed by atoms with E-state index in [0.29, 0.717) is 13.2 Å². The van der Waals surface area contributed by atoms with Crippen molar-refractivity contribution in [2.75, 3.05) is 13.7 Å². The van der Waals surface area contributed by atoms with Gasteiger partial charge in [0.15, 0.2) is 0 Å². The molecule has 0 saturated carbocycles. The maximum atomic E-state index is 12.8. The average molecular weight is 313 g/mol. The molecule has 2 aromatic rings. The number of hydrogen-bond acceptors (Lipinski definition) is 3. The molecule has 1 aliphatic rings. The van der Waals surface area contributed by atoms with Crippen LogP contribution < -0.4 is 4.74 Å². The molecule has 1 unspecified atom stereocenters. The summed E-state index contributed by atoms with van der Waals surface area (Å²) in [6.45, 7) is 5.06. The van der Waals surface area contributed by atoms with Crippen molar-refractivity contribution in [2.24, 2.45) is 13.0 Å². The Morgan fingerprint density at radius 3 is 2.83 bits per heavy atom. The molecule has 0 radical (unpaired) electrons. The lowest BCUT2D eigenvalue weighted by Gasteiger charge is -2.28. The molecule has 5 nitrogen and oxygen atoms in total. The van der Waals surface area contributed by atoms with Crippen molar-refractivity contribution in [2.45, 2.75) is 26.8 Å². The monoisotopic (exact) mass is 313 g/mol. The molecule has 5 heteroatoms. The van der Waals surface area contributed by atoms with E-state index in [1.165, 1.54) is 0 Å². The third-order valence-electron chi connectivity index (χ3n) is 4.66. The van der Waals surface area contributed by atoms with Crippen molar-refractivity contribution < 1.29 is 9.53 Å². The number of hydrogen-bond donors (Lipinski definition) is 0. The van der Waals surface area contributed by atoms with Crippen molar-refractivity contribution in [3.63, 3.8) is 0 Å². The van der Waals surface area contributed by atoms with Gasteiger partial charge in [-0.2, -0.15) is 5.10 Å². The van der Waals surface area contributed by atoms with Crippen LogP contribution >= 0.6 is 0 Å². The number of aromatic nitrogens is 2. The van der Waals surface area contributed by atoms with E-state index >= 15 is 0 Å². The SMILES string of the molecule is Cc1nn(C)c(C)c1CN(C)C(=O)C1COc2ccccc2C1. The van der Waals surface area contributed by atoms with E-state index in [4.69, 9.17) is 4.74 Å². The Balaban J connectivity index is 1.71. The maximum Gasteiger partial charge on any atom is 0.229 e. The van der Waals surface area contributed by atoms with Gasteiger partial charge >= 0.3 is 0 Å². The summed E-state index contributed by atoms with van der Waals surface area (Å²) in [5, 5.41) is 4.42. The smallest absolute Gasteiger partial charge is 0.229 e. The summed E-state index contributed by atoms with van der Waals surface area (Å²) >= 11 is 0. The first-order valence-corrected chi connectivity index (χ1v) is 7.92. The molecule has 1 aromatic carbocycles. The Bertz CT molecular complexity index is 736. The molecule has 122 valence electrons. The first kappa shape index (κ1) is 15.6. The number of carbonyl (C=O) groups excluding carboxylic acids is 1. The third-order valence-corrected chi connectivity index (χ3v) is 4.66. The van der Waals surface area contributed by atoms with Gasteiger partial charge in [0.25, 0.3) is 0 Å². The molecule has 0 aliphatic carbocycles. The van der Waals surface area contributed by atoms with Crippen molar-refractivity contribution in [1.29, 1.82) is 0 Å². The Kier molecular flexibility index (Phi) is 4.11. The predicted octanol–water partition coefficient (Wildman–Crippen LogP) is 2.25. The highest BCUT2D eigenvalue weighted by molar-refractivity contribution is 5.79. The number of nitrogens with zero attached hydrogens (tertiary/aromatic N) is 3. The fraction of sp³-hybridized carbons (Fsp3) is 0.444. The van der Waals surface area contributed by atoms with Crippen molar-refractivity contribution in [1.82, 2.24) is 14.7 Å². The minimum absolute atomic E-state index is 0.118. The molecular formula is C18H23N3O2. The van der Waals surface area contributed by atoms with Crippen LogP contribution in [-0.4, -0.2) is 34.2 Å². The molecule has 0 bridgehead atoms. The predicted molar refractivity (Wildman–Crippen MR) is 88.3 cm³/mol. The highest BCUT2D eigenvalue weighted by Crippen LogP contribution is 2.28. The number of fused-ring (bicyclic) bond motifs is 1. The van der Waals surface area contributed by atoms with E-state index in [-0.39, 0.29) is 11.8 Å². The number of amides is 1. The summed E-state index contributed by atoms with van der Waals surface area (Å²) < 4.78 is 7.61. The summed E-state index contributed by atoms with van der Waals surface area (Å²) in [7, 11) is 3.79. The van der Waals surface area contributed by atoms with Gasteiger partial charge in [-0.1, -0.05) is 18.2 Å². The standard InChI is InChI=1S/C18H23N3O2/c1-12-16(13(2)21(4)19-12)10-20(3)18(22)15-9-14-7-5-6-8-17(14)23-11-15/h5-8,15H,9-11H2,1-4H3. The van der Waals surface area contributed by atoms with Gasteiger partial charge in [-0.05, 0) is 31.9 Å². The molecule has 2 heterocycles. The summed E-state index contributed by atoms with van der Waals surface area (Å²) in [5.41, 5.74) is 4.32. The zero-order chi connectivity index (χ0) is 16.6. The highest BCUT2D eigenvalue weighted by atomic mass is 16.5. The molecule has 1 aromatic heterocycles. The van der Waals surface area contributed by atoms with Gasteiger partial charge in [-0.25, -0.2) is 0 Å². The van der Waals surface area contributed by atoms with Crippen molar-refractivity contribution in [3.05, 3.63) is 46.8 Å². The van der Waals surface area contributed by atoms with E-state index in [1.807, 2.05) is 56.9 Å². The zero-order valence-electron chi connectivity index (χ0n) is 14.2. The first-order valence-electron chi connectivity index (χ1n) is 7.92. The Morgan fingerprint density at radius 1 is 1.39 bits per heavy atom. The zero-order valence-corrected chi connectivity index (χ0v) is 14.2. The highest BCUT2D eigenvalue weighted by Gasteiger charge is 2.28. The quantitative estimate of drug-likeness (QED) is 0.873. The fourth-order valence-corrected chi connectivity index (χ4v) is 3.16. The molecule has 1 atom stereocenters. The molecule has 1 aliphatic heterocycles. The van der Waals surface area contributed by atoms with Crippen LogP contribution in [0.2, 0.25) is 0 Å². The van der Waals surface area contributed by atoms with Crippen LogP contribution in [0, 0.1) is 19.8 Å². The number of ether oxygens (including phenoxy) is 1. The normalized spacial score (nSPS) is 16.6. The van der Waals surface area contributed by atoms with Crippen LogP contribution in [0.3, 0.4) is 0 Å². The first-order chi connectivity index (χ1) is 11.0. The minimum Gasteiger partial charge on any atom is -0.492 e. The van der Waals surface area contributed by atoms with E-state index < -0.39 is 0 Å². The maximum absolute atomic E-state index is 12.8. The second kappa shape index (κ2) is 6.07. The van der Waals surface area contributed by atoms with Crippen molar-refractivity contribution >= 4 is 5.91 Å². The topological polar surface area (TPSA) is 47.4 Å². The van der Waals surface area contributed by atoms with Gasteiger partial charge in [0, 0.05) is 31.9 Å². The van der Waals surface area contributed by atoms with E-state index in [1.54, 1.807) is 4.90 Å². The van der Waals surface area contributed by atoms with Crippen molar-refractivity contribution in [3.8, 4) is 5.75 Å². The molecule has 0 saturated heterocycles. The van der Waals surface area contributed by atoms with Gasteiger partial charge in [0.1, 0.15) is 12.4 Å². The van der Waals surface area contributed by atoms with Gasteiger partial charge in [0.2, 0.25) is 5.91 Å². The Labute approximate surface area is 136 Å². The molecule has 0 spiro atoms. The van der Waals surface area contributed by atoms with Gasteiger partial charge in [0.05, 0.1) is 11.6 Å². The van der Waals surface area contributed by atoms with Crippen LogP contribution in [-0.2, 0) is 24.8 Å². The van der Waals surface area contributed by atoms with E-state index in [0.717, 1.165) is 34.7 Å². The Morgan fingerprint density at radius 2 is 2.13 bits per heavy atom. The minimum atomic E-state index is -0.118. The average Bonchev–Trinajstić information content (AvgIpc) is 2.80. The molecule has 0 fully saturated rings. The molecule has 1 amide bonds. The Hall–Kier alpha value is -2.30. The number of aryl methyl sites for hydroxylation is 2. The second-order valence-electron chi connectivity index (χ2n) is 6.29. The number of rotatable bonds is 3. The molecular weight excluding hydrogens is 290 g/mol. The fourth-order valence-electron chi connectivity index (χ4n) is 3.16. The van der Waals surface area contributed by atoms with Crippen LogP contribution in [0.4, 0.5) is 0 Å².